The summed E-state index contributed by atoms with van der Waals surface area (Å²) < 4.78 is 5.50. The molecule has 0 spiro atoms. The summed E-state index contributed by atoms with van der Waals surface area (Å²) in [7, 11) is 1.65. The van der Waals surface area contributed by atoms with Crippen LogP contribution in [0.1, 0.15) is 37.0 Å². The van der Waals surface area contributed by atoms with Gasteiger partial charge in [0.1, 0.15) is 5.75 Å². The number of rotatable bonds is 4. The highest BCUT2D eigenvalue weighted by Crippen LogP contribution is 2.26. The Morgan fingerprint density at radius 2 is 1.72 bits per heavy atom. The van der Waals surface area contributed by atoms with E-state index in [-0.39, 0.29) is 17.7 Å². The lowest BCUT2D eigenvalue weighted by molar-refractivity contribution is -0.135. The Hall–Kier alpha value is -2.04. The molecule has 1 aromatic rings. The van der Waals surface area contributed by atoms with Crippen molar-refractivity contribution in [2.75, 3.05) is 33.3 Å². The third kappa shape index (κ3) is 4.74. The summed E-state index contributed by atoms with van der Waals surface area (Å²) >= 11 is 0. The van der Waals surface area contributed by atoms with Gasteiger partial charge in [-0.05, 0) is 25.8 Å². The molecule has 25 heavy (non-hydrogen) atoms. The summed E-state index contributed by atoms with van der Waals surface area (Å²) in [4.78, 5) is 28.7. The maximum Gasteiger partial charge on any atom is 0.227 e. The fraction of sp³-hybridized carbons (Fsp3) is 0.600. The molecule has 5 nitrogen and oxygen atoms in total. The average molecular weight is 346 g/mol. The molecule has 1 heterocycles. The summed E-state index contributed by atoms with van der Waals surface area (Å²) in [5.74, 6) is 1.07. The Morgan fingerprint density at radius 3 is 2.36 bits per heavy atom. The summed E-state index contributed by atoms with van der Waals surface area (Å²) in [5, 5.41) is 0. The zero-order valence-corrected chi connectivity index (χ0v) is 16.1. The highest BCUT2D eigenvalue weighted by atomic mass is 16.5. The van der Waals surface area contributed by atoms with Gasteiger partial charge in [0, 0.05) is 37.7 Å². The van der Waals surface area contributed by atoms with Crippen molar-refractivity contribution in [2.24, 2.45) is 5.92 Å². The molecule has 0 N–H and O–H groups in total. The van der Waals surface area contributed by atoms with Crippen LogP contribution in [-0.4, -0.2) is 54.9 Å². The minimum absolute atomic E-state index is 0.00165. The molecule has 1 fully saturated rings. The van der Waals surface area contributed by atoms with Crippen molar-refractivity contribution in [3.05, 3.63) is 28.8 Å². The molecule has 0 aliphatic carbocycles. The molecule has 0 unspecified atom stereocenters. The first-order valence-corrected chi connectivity index (χ1v) is 9.04. The van der Waals surface area contributed by atoms with E-state index in [2.05, 4.69) is 6.07 Å². The molecule has 2 amide bonds. The molecule has 138 valence electrons. The van der Waals surface area contributed by atoms with E-state index in [1.807, 2.05) is 43.6 Å². The SMILES string of the molecule is COc1c(C)cc(C)cc1CC(=O)N1CCCN(C(=O)C(C)C)CC1. The summed E-state index contributed by atoms with van der Waals surface area (Å²) in [5.41, 5.74) is 3.12. The molecule has 1 saturated heterocycles. The van der Waals surface area contributed by atoms with Gasteiger partial charge in [-0.1, -0.05) is 31.5 Å². The van der Waals surface area contributed by atoms with Crippen LogP contribution in [0.25, 0.3) is 0 Å². The van der Waals surface area contributed by atoms with Gasteiger partial charge < -0.3 is 14.5 Å². The minimum Gasteiger partial charge on any atom is -0.496 e. The van der Waals surface area contributed by atoms with Crippen LogP contribution in [0, 0.1) is 19.8 Å². The van der Waals surface area contributed by atoms with Gasteiger partial charge in [-0.3, -0.25) is 9.59 Å². The Labute approximate surface area is 150 Å². The largest absolute Gasteiger partial charge is 0.496 e. The van der Waals surface area contributed by atoms with Crippen molar-refractivity contribution in [1.82, 2.24) is 9.80 Å². The maximum absolute atomic E-state index is 12.8. The molecular weight excluding hydrogens is 316 g/mol. The van der Waals surface area contributed by atoms with Gasteiger partial charge in [-0.15, -0.1) is 0 Å². The molecule has 0 bridgehead atoms. The number of carbonyl (C=O) groups is 2. The van der Waals surface area contributed by atoms with Crippen LogP contribution < -0.4 is 4.74 Å². The summed E-state index contributed by atoms with van der Waals surface area (Å²) in [6, 6.07) is 4.09. The lowest BCUT2D eigenvalue weighted by atomic mass is 10.0. The number of ether oxygens (including phenoxy) is 1. The van der Waals surface area contributed by atoms with Crippen molar-refractivity contribution in [2.45, 2.75) is 40.5 Å². The van der Waals surface area contributed by atoms with Crippen LogP contribution in [0.5, 0.6) is 5.75 Å². The maximum atomic E-state index is 12.8. The van der Waals surface area contributed by atoms with Crippen molar-refractivity contribution >= 4 is 11.8 Å². The lowest BCUT2D eigenvalue weighted by Crippen LogP contribution is -2.39. The molecule has 0 atom stereocenters. The van der Waals surface area contributed by atoms with Crippen molar-refractivity contribution in [1.29, 1.82) is 0 Å². The van der Waals surface area contributed by atoms with Crippen LogP contribution >= 0.6 is 0 Å². The quantitative estimate of drug-likeness (QED) is 0.842. The number of carbonyl (C=O) groups excluding carboxylic acids is 2. The van der Waals surface area contributed by atoms with E-state index < -0.39 is 0 Å². The first kappa shape index (κ1) is 19.3. The summed E-state index contributed by atoms with van der Waals surface area (Å²) in [6.45, 7) is 10.5. The Kier molecular flexibility index (Phi) is 6.45. The molecule has 0 aromatic heterocycles. The number of nitrogens with zero attached hydrogens (tertiary/aromatic N) is 2. The lowest BCUT2D eigenvalue weighted by Gasteiger charge is -2.24. The third-order valence-electron chi connectivity index (χ3n) is 4.70. The second kappa shape index (κ2) is 8.37. The first-order valence-electron chi connectivity index (χ1n) is 9.04. The third-order valence-corrected chi connectivity index (χ3v) is 4.70. The fourth-order valence-corrected chi connectivity index (χ4v) is 3.49. The van der Waals surface area contributed by atoms with Crippen molar-refractivity contribution in [3.63, 3.8) is 0 Å². The van der Waals surface area contributed by atoms with Gasteiger partial charge in [0.15, 0.2) is 0 Å². The predicted octanol–water partition coefficient (Wildman–Crippen LogP) is 2.57. The van der Waals surface area contributed by atoms with E-state index in [4.69, 9.17) is 4.74 Å². The van der Waals surface area contributed by atoms with Crippen LogP contribution in [0.3, 0.4) is 0 Å². The topological polar surface area (TPSA) is 49.9 Å². The van der Waals surface area contributed by atoms with Gasteiger partial charge in [-0.2, -0.15) is 0 Å². The van der Waals surface area contributed by atoms with Crippen LogP contribution in [0.15, 0.2) is 12.1 Å². The van der Waals surface area contributed by atoms with Gasteiger partial charge in [-0.25, -0.2) is 0 Å². The van der Waals surface area contributed by atoms with Crippen LogP contribution in [0.4, 0.5) is 0 Å². The molecule has 2 rings (SSSR count). The second-order valence-corrected chi connectivity index (χ2v) is 7.17. The number of benzene rings is 1. The number of amides is 2. The zero-order valence-electron chi connectivity index (χ0n) is 16.1. The number of hydrogen-bond acceptors (Lipinski definition) is 3. The molecule has 0 radical (unpaired) electrons. The highest BCUT2D eigenvalue weighted by Gasteiger charge is 2.24. The molecule has 0 saturated carbocycles. The minimum atomic E-state index is 0.00165. The van der Waals surface area contributed by atoms with Crippen LogP contribution in [0.2, 0.25) is 0 Å². The predicted molar refractivity (Wildman–Crippen MR) is 98.8 cm³/mol. The van der Waals surface area contributed by atoms with Gasteiger partial charge in [0.25, 0.3) is 0 Å². The monoisotopic (exact) mass is 346 g/mol. The van der Waals surface area contributed by atoms with E-state index >= 15 is 0 Å². The standard InChI is InChI=1S/C20H30N2O3/c1-14(2)20(24)22-8-6-7-21(9-10-22)18(23)13-17-12-15(3)11-16(4)19(17)25-5/h11-12,14H,6-10,13H2,1-5H3. The molecule has 1 aliphatic heterocycles. The molecule has 5 heteroatoms. The van der Waals surface area contributed by atoms with E-state index in [0.717, 1.165) is 35.4 Å². The van der Waals surface area contributed by atoms with Crippen molar-refractivity contribution in [3.8, 4) is 5.75 Å². The Bertz CT molecular complexity index is 640. The zero-order chi connectivity index (χ0) is 18.6. The van der Waals surface area contributed by atoms with Crippen LogP contribution in [-0.2, 0) is 16.0 Å². The Morgan fingerprint density at radius 1 is 1.08 bits per heavy atom. The molecular formula is C20H30N2O3. The number of aryl methyl sites for hydroxylation is 2. The molecule has 1 aromatic carbocycles. The number of methoxy groups -OCH3 is 1. The molecule has 1 aliphatic rings. The normalized spacial score (nSPS) is 15.3. The van der Waals surface area contributed by atoms with Crippen molar-refractivity contribution < 1.29 is 14.3 Å². The van der Waals surface area contributed by atoms with E-state index in [1.165, 1.54) is 0 Å². The highest BCUT2D eigenvalue weighted by molar-refractivity contribution is 5.80. The van der Waals surface area contributed by atoms with E-state index in [9.17, 15) is 9.59 Å². The Balaban J connectivity index is 2.06. The van der Waals surface area contributed by atoms with E-state index in [0.29, 0.717) is 26.1 Å². The van der Waals surface area contributed by atoms with E-state index in [1.54, 1.807) is 7.11 Å². The van der Waals surface area contributed by atoms with Gasteiger partial charge in [0.05, 0.1) is 13.5 Å². The smallest absolute Gasteiger partial charge is 0.227 e. The second-order valence-electron chi connectivity index (χ2n) is 7.17. The summed E-state index contributed by atoms with van der Waals surface area (Å²) in [6.07, 6.45) is 1.16. The van der Waals surface area contributed by atoms with Gasteiger partial charge in [0.2, 0.25) is 11.8 Å². The fourth-order valence-electron chi connectivity index (χ4n) is 3.49. The average Bonchev–Trinajstić information content (AvgIpc) is 2.79. The first-order chi connectivity index (χ1) is 11.8. The van der Waals surface area contributed by atoms with Gasteiger partial charge >= 0.3 is 0 Å². The number of hydrogen-bond donors (Lipinski definition) is 0.